The smallest absolute Gasteiger partial charge is 0.387 e. The van der Waals surface area contributed by atoms with Gasteiger partial charge in [0.2, 0.25) is 11.8 Å². The van der Waals surface area contributed by atoms with Crippen molar-refractivity contribution in [3.8, 4) is 17.3 Å². The third-order valence-electron chi connectivity index (χ3n) is 2.99. The number of hydrogen-bond donors (Lipinski definition) is 0. The van der Waals surface area contributed by atoms with E-state index in [1.807, 2.05) is 0 Å². The van der Waals surface area contributed by atoms with Crippen LogP contribution in [0.2, 0.25) is 5.02 Å². The van der Waals surface area contributed by atoms with E-state index in [1.165, 1.54) is 41.2 Å². The summed E-state index contributed by atoms with van der Waals surface area (Å²) in [5, 5.41) is 7.81. The molecule has 0 spiro atoms. The number of rotatable bonds is 6. The summed E-state index contributed by atoms with van der Waals surface area (Å²) in [4.78, 5) is 3.56. The number of hydrogen-bond acceptors (Lipinski definition) is 5. The predicted octanol–water partition coefficient (Wildman–Crippen LogP) is 3.64. The molecule has 0 saturated carbocycles. The molecule has 0 unspecified atom stereocenters. The average Bonchev–Trinajstić information content (AvgIpc) is 3.04. The topological polar surface area (TPSA) is 62.1 Å². The van der Waals surface area contributed by atoms with E-state index in [1.54, 1.807) is 6.07 Å². The van der Waals surface area contributed by atoms with Crippen molar-refractivity contribution < 1.29 is 22.6 Å². The zero-order valence-electron chi connectivity index (χ0n) is 12.4. The van der Waals surface area contributed by atoms with Gasteiger partial charge < -0.3 is 9.47 Å². The van der Waals surface area contributed by atoms with Gasteiger partial charge in [-0.25, -0.2) is 4.68 Å². The molecule has 0 fully saturated rings. The summed E-state index contributed by atoms with van der Waals surface area (Å²) in [6, 6.07) is 8.44. The number of alkyl halides is 2. The van der Waals surface area contributed by atoms with Gasteiger partial charge in [0.05, 0.1) is 16.9 Å². The monoisotopic (exact) mass is 370 g/mol. The molecule has 0 amide bonds. The van der Waals surface area contributed by atoms with Gasteiger partial charge in [-0.1, -0.05) is 22.9 Å². The van der Waals surface area contributed by atoms with Crippen LogP contribution in [-0.4, -0.2) is 26.6 Å². The molecule has 130 valence electrons. The van der Waals surface area contributed by atoms with E-state index in [0.717, 1.165) is 0 Å². The first kappa shape index (κ1) is 17.0. The number of aromatic nitrogens is 4. The third kappa shape index (κ3) is 4.38. The fraction of sp³-hybridized carbons (Fsp3) is 0.133. The highest BCUT2D eigenvalue weighted by atomic mass is 35.5. The van der Waals surface area contributed by atoms with Crippen LogP contribution in [-0.2, 0) is 6.61 Å². The Morgan fingerprint density at radius 1 is 1.20 bits per heavy atom. The van der Waals surface area contributed by atoms with Crippen LogP contribution < -0.4 is 9.47 Å². The quantitative estimate of drug-likeness (QED) is 0.620. The lowest BCUT2D eigenvalue weighted by Gasteiger charge is -2.08. The van der Waals surface area contributed by atoms with E-state index in [9.17, 15) is 13.2 Å². The molecule has 0 aliphatic carbocycles. The first-order valence-corrected chi connectivity index (χ1v) is 7.30. The number of benzene rings is 1. The van der Waals surface area contributed by atoms with Crippen molar-refractivity contribution in [2.75, 3.05) is 0 Å². The lowest BCUT2D eigenvalue weighted by atomic mass is 10.3. The Hall–Kier alpha value is -2.81. The van der Waals surface area contributed by atoms with E-state index in [2.05, 4.69) is 20.0 Å². The minimum absolute atomic E-state index is 0.00440. The van der Waals surface area contributed by atoms with Gasteiger partial charge >= 0.3 is 6.61 Å². The lowest BCUT2D eigenvalue weighted by Crippen LogP contribution is -2.03. The van der Waals surface area contributed by atoms with Crippen LogP contribution in [0.1, 0.15) is 5.69 Å². The number of ether oxygens (including phenoxy) is 2. The van der Waals surface area contributed by atoms with Gasteiger partial charge in [0.15, 0.2) is 0 Å². The Balaban J connectivity index is 1.73. The highest BCUT2D eigenvalue weighted by Crippen LogP contribution is 2.28. The molecule has 0 atom stereocenters. The molecule has 0 aliphatic rings. The molecular weight excluding hydrogens is 361 g/mol. The summed E-state index contributed by atoms with van der Waals surface area (Å²) in [6.45, 7) is -2.99. The van der Waals surface area contributed by atoms with Crippen LogP contribution in [0.3, 0.4) is 0 Å². The largest absolute Gasteiger partial charge is 0.471 e. The number of halogens is 4. The van der Waals surface area contributed by atoms with Crippen molar-refractivity contribution in [2.45, 2.75) is 13.2 Å². The Bertz CT molecular complexity index is 875. The maximum atomic E-state index is 13.0. The van der Waals surface area contributed by atoms with Gasteiger partial charge in [0.1, 0.15) is 18.1 Å². The number of nitrogens with zero attached hydrogens (tertiary/aromatic N) is 4. The molecule has 1 aromatic carbocycles. The molecular formula is C15H10ClF3N4O2. The van der Waals surface area contributed by atoms with Crippen molar-refractivity contribution in [3.63, 3.8) is 0 Å². The molecule has 0 saturated heterocycles. The second kappa shape index (κ2) is 7.39. The highest BCUT2D eigenvalue weighted by molar-refractivity contribution is 6.32. The molecule has 0 bridgehead atoms. The van der Waals surface area contributed by atoms with Gasteiger partial charge in [0.25, 0.3) is 0 Å². The van der Waals surface area contributed by atoms with Crippen molar-refractivity contribution in [1.29, 1.82) is 0 Å². The molecule has 3 aromatic rings. The summed E-state index contributed by atoms with van der Waals surface area (Å²) in [7, 11) is 0. The fourth-order valence-electron chi connectivity index (χ4n) is 1.93. The molecule has 0 aliphatic heterocycles. The van der Waals surface area contributed by atoms with Crippen molar-refractivity contribution in [3.05, 3.63) is 59.3 Å². The van der Waals surface area contributed by atoms with Gasteiger partial charge in [-0.3, -0.25) is 0 Å². The minimum atomic E-state index is -2.99. The molecule has 3 rings (SSSR count). The van der Waals surface area contributed by atoms with Crippen LogP contribution in [0.4, 0.5) is 13.2 Å². The first-order chi connectivity index (χ1) is 12.0. The SMILES string of the molecule is Fc1cccc(OCc2cn(-c3ccc(Cl)c(OC(F)F)c3)nn2)n1. The van der Waals surface area contributed by atoms with E-state index < -0.39 is 12.6 Å². The summed E-state index contributed by atoms with van der Waals surface area (Å²) < 4.78 is 48.7. The Morgan fingerprint density at radius 2 is 2.04 bits per heavy atom. The maximum absolute atomic E-state index is 13.0. The minimum Gasteiger partial charge on any atom is -0.471 e. The second-order valence-corrected chi connectivity index (χ2v) is 5.14. The van der Waals surface area contributed by atoms with Crippen molar-refractivity contribution >= 4 is 11.6 Å². The molecule has 6 nitrogen and oxygen atoms in total. The van der Waals surface area contributed by atoms with Crippen LogP contribution in [0.5, 0.6) is 11.6 Å². The van der Waals surface area contributed by atoms with Crippen LogP contribution in [0.25, 0.3) is 5.69 Å². The van der Waals surface area contributed by atoms with Gasteiger partial charge in [-0.2, -0.15) is 18.2 Å². The van der Waals surface area contributed by atoms with Crippen molar-refractivity contribution in [1.82, 2.24) is 20.0 Å². The van der Waals surface area contributed by atoms with Crippen LogP contribution >= 0.6 is 11.6 Å². The van der Waals surface area contributed by atoms with Crippen LogP contribution in [0.15, 0.2) is 42.6 Å². The molecule has 2 aromatic heterocycles. The molecule has 25 heavy (non-hydrogen) atoms. The Morgan fingerprint density at radius 3 is 2.80 bits per heavy atom. The van der Waals surface area contributed by atoms with E-state index in [-0.39, 0.29) is 23.3 Å². The van der Waals surface area contributed by atoms with Crippen LogP contribution in [0, 0.1) is 5.95 Å². The predicted molar refractivity (Wildman–Crippen MR) is 81.5 cm³/mol. The summed E-state index contributed by atoms with van der Waals surface area (Å²) in [5.74, 6) is -0.728. The fourth-order valence-corrected chi connectivity index (χ4v) is 2.09. The standard InChI is InChI=1S/C15H10ClF3N4O2/c16-11-5-4-10(6-12(11)25-15(18)19)23-7-9(21-22-23)8-24-14-3-1-2-13(17)20-14/h1-7,15H,8H2. The summed E-state index contributed by atoms with van der Waals surface area (Å²) in [6.07, 6.45) is 1.52. The Labute approximate surface area is 144 Å². The third-order valence-corrected chi connectivity index (χ3v) is 3.31. The molecule has 2 heterocycles. The zero-order valence-corrected chi connectivity index (χ0v) is 13.2. The highest BCUT2D eigenvalue weighted by Gasteiger charge is 2.11. The first-order valence-electron chi connectivity index (χ1n) is 6.92. The Kier molecular flexibility index (Phi) is 5.03. The lowest BCUT2D eigenvalue weighted by molar-refractivity contribution is -0.0497. The van der Waals surface area contributed by atoms with E-state index >= 15 is 0 Å². The number of pyridine rings is 1. The summed E-state index contributed by atoms with van der Waals surface area (Å²) >= 11 is 5.80. The van der Waals surface area contributed by atoms with Gasteiger partial charge in [-0.05, 0) is 18.2 Å². The maximum Gasteiger partial charge on any atom is 0.387 e. The van der Waals surface area contributed by atoms with Gasteiger partial charge in [-0.15, -0.1) is 5.10 Å². The van der Waals surface area contributed by atoms with E-state index in [4.69, 9.17) is 16.3 Å². The molecule has 0 radical (unpaired) electrons. The molecule has 0 N–H and O–H groups in total. The zero-order chi connectivity index (χ0) is 17.8. The average molecular weight is 371 g/mol. The summed E-state index contributed by atoms with van der Waals surface area (Å²) in [5.41, 5.74) is 0.847. The van der Waals surface area contributed by atoms with Gasteiger partial charge in [0, 0.05) is 12.1 Å². The van der Waals surface area contributed by atoms with Crippen molar-refractivity contribution in [2.24, 2.45) is 0 Å². The normalized spacial score (nSPS) is 10.9. The van der Waals surface area contributed by atoms with E-state index in [0.29, 0.717) is 11.4 Å². The second-order valence-electron chi connectivity index (χ2n) is 4.73. The molecule has 10 heteroatoms.